The first-order valence-electron chi connectivity index (χ1n) is 9.39. The van der Waals surface area contributed by atoms with Crippen molar-refractivity contribution >= 4 is 17.6 Å². The molecule has 0 aromatic heterocycles. The Balaban J connectivity index is 1.51. The van der Waals surface area contributed by atoms with Gasteiger partial charge in [0, 0.05) is 25.3 Å². The predicted molar refractivity (Wildman–Crippen MR) is 104 cm³/mol. The van der Waals surface area contributed by atoms with Crippen LogP contribution in [-0.4, -0.2) is 50.6 Å². The lowest BCUT2D eigenvalue weighted by Gasteiger charge is -2.36. The Morgan fingerprint density at radius 2 is 2.07 bits per heavy atom. The minimum atomic E-state index is -0.391. The molecule has 0 radical (unpaired) electrons. The van der Waals surface area contributed by atoms with Crippen LogP contribution in [0, 0.1) is 0 Å². The molecule has 0 bridgehead atoms. The van der Waals surface area contributed by atoms with Gasteiger partial charge in [-0.1, -0.05) is 6.07 Å². The predicted octanol–water partition coefficient (Wildman–Crippen LogP) is -0.629. The summed E-state index contributed by atoms with van der Waals surface area (Å²) in [6.07, 6.45) is 1.31. The van der Waals surface area contributed by atoms with E-state index >= 15 is 0 Å². The summed E-state index contributed by atoms with van der Waals surface area (Å²) in [6.45, 7) is 4.10. The van der Waals surface area contributed by atoms with E-state index in [1.54, 1.807) is 7.05 Å². The maximum atomic E-state index is 12.4. The number of nitrogens with one attached hydrogen (secondary N) is 7. The van der Waals surface area contributed by atoms with Crippen molar-refractivity contribution in [3.63, 3.8) is 0 Å². The molecular weight excluding hydrogens is 346 g/mol. The SMILES string of the molecule is CNC(=O)CNC1CC(C)NC(NC(=O)Nc2ccc3c(c2)CCNC3)N1. The lowest BCUT2D eigenvalue weighted by atomic mass is 10.0. The smallest absolute Gasteiger partial charge is 0.321 e. The van der Waals surface area contributed by atoms with Crippen LogP contribution in [0.25, 0.3) is 0 Å². The standard InChI is InChI=1S/C18H29N7O2/c1-11-7-15(21-10-16(26)19-2)24-17(22-11)25-18(27)23-14-4-3-13-9-20-6-5-12(13)8-14/h3-4,8,11,15,17,20-22,24H,5-7,9-10H2,1-2H3,(H,19,26)(H2,23,25,27). The van der Waals surface area contributed by atoms with Gasteiger partial charge in [0.1, 0.15) is 6.29 Å². The molecule has 2 aliphatic heterocycles. The van der Waals surface area contributed by atoms with Gasteiger partial charge in [-0.2, -0.15) is 0 Å². The fraction of sp³-hybridized carbons (Fsp3) is 0.556. The van der Waals surface area contributed by atoms with E-state index < -0.39 is 6.29 Å². The van der Waals surface area contributed by atoms with Crippen molar-refractivity contribution in [2.45, 2.75) is 44.8 Å². The molecule has 3 atom stereocenters. The highest BCUT2D eigenvalue weighted by molar-refractivity contribution is 5.89. The summed E-state index contributed by atoms with van der Waals surface area (Å²) < 4.78 is 0. The zero-order valence-electron chi connectivity index (χ0n) is 15.8. The minimum absolute atomic E-state index is 0.0694. The molecule has 1 aromatic rings. The number of urea groups is 1. The third kappa shape index (κ3) is 5.64. The number of carbonyl (C=O) groups is 2. The average molecular weight is 375 g/mol. The highest BCUT2D eigenvalue weighted by Crippen LogP contribution is 2.19. The number of rotatable bonds is 5. The monoisotopic (exact) mass is 375 g/mol. The van der Waals surface area contributed by atoms with E-state index in [1.165, 1.54) is 11.1 Å². The van der Waals surface area contributed by atoms with Gasteiger partial charge in [-0.25, -0.2) is 4.79 Å². The van der Waals surface area contributed by atoms with Crippen molar-refractivity contribution in [3.8, 4) is 0 Å². The highest BCUT2D eigenvalue weighted by Gasteiger charge is 2.26. The number of anilines is 1. The van der Waals surface area contributed by atoms with E-state index in [2.05, 4.69) is 43.3 Å². The highest BCUT2D eigenvalue weighted by atomic mass is 16.2. The summed E-state index contributed by atoms with van der Waals surface area (Å²) in [5, 5.41) is 21.4. The van der Waals surface area contributed by atoms with Gasteiger partial charge in [0.2, 0.25) is 5.91 Å². The Morgan fingerprint density at radius 3 is 2.89 bits per heavy atom. The summed E-state index contributed by atoms with van der Waals surface area (Å²) in [5.74, 6) is -0.0761. The fourth-order valence-corrected chi connectivity index (χ4v) is 3.41. The van der Waals surface area contributed by atoms with Gasteiger partial charge in [-0.3, -0.25) is 20.7 Å². The normalized spacial score (nSPS) is 24.6. The van der Waals surface area contributed by atoms with Crippen LogP contribution in [0.2, 0.25) is 0 Å². The van der Waals surface area contributed by atoms with Gasteiger partial charge in [0.15, 0.2) is 0 Å². The van der Waals surface area contributed by atoms with Crippen molar-refractivity contribution < 1.29 is 9.59 Å². The maximum absolute atomic E-state index is 12.4. The first-order valence-corrected chi connectivity index (χ1v) is 9.39. The van der Waals surface area contributed by atoms with Crippen LogP contribution in [0.5, 0.6) is 0 Å². The minimum Gasteiger partial charge on any atom is -0.358 e. The summed E-state index contributed by atoms with van der Waals surface area (Å²) in [4.78, 5) is 23.8. The van der Waals surface area contributed by atoms with Gasteiger partial charge in [-0.05, 0) is 49.6 Å². The van der Waals surface area contributed by atoms with E-state index in [1.807, 2.05) is 19.1 Å². The van der Waals surface area contributed by atoms with E-state index in [4.69, 9.17) is 0 Å². The van der Waals surface area contributed by atoms with E-state index in [0.717, 1.165) is 31.6 Å². The first kappa shape index (κ1) is 19.6. The van der Waals surface area contributed by atoms with Crippen LogP contribution in [-0.2, 0) is 17.8 Å². The quantitative estimate of drug-likeness (QED) is 0.368. The van der Waals surface area contributed by atoms with Gasteiger partial charge in [0.05, 0.1) is 12.7 Å². The number of carbonyl (C=O) groups excluding carboxylic acids is 2. The van der Waals surface area contributed by atoms with Crippen molar-refractivity contribution in [2.24, 2.45) is 0 Å². The van der Waals surface area contributed by atoms with Crippen LogP contribution in [0.1, 0.15) is 24.5 Å². The largest absolute Gasteiger partial charge is 0.358 e. The molecule has 3 rings (SSSR count). The number of hydrogen-bond acceptors (Lipinski definition) is 6. The first-order chi connectivity index (χ1) is 13.0. The molecule has 1 saturated heterocycles. The summed E-state index contributed by atoms with van der Waals surface area (Å²) in [6, 6.07) is 5.91. The number of benzene rings is 1. The summed E-state index contributed by atoms with van der Waals surface area (Å²) in [7, 11) is 1.61. The van der Waals surface area contributed by atoms with Gasteiger partial charge >= 0.3 is 6.03 Å². The van der Waals surface area contributed by atoms with Crippen LogP contribution in [0.4, 0.5) is 10.5 Å². The number of amides is 3. The van der Waals surface area contributed by atoms with Gasteiger partial charge < -0.3 is 21.3 Å². The topological polar surface area (TPSA) is 118 Å². The molecule has 0 spiro atoms. The van der Waals surface area contributed by atoms with Crippen LogP contribution < -0.4 is 37.2 Å². The average Bonchev–Trinajstić information content (AvgIpc) is 2.65. The molecule has 3 unspecified atom stereocenters. The fourth-order valence-electron chi connectivity index (χ4n) is 3.41. The number of likely N-dealkylation sites (N-methyl/N-ethyl adjacent to an activating group) is 1. The zero-order valence-corrected chi connectivity index (χ0v) is 15.8. The van der Waals surface area contributed by atoms with Gasteiger partial charge in [0.25, 0.3) is 0 Å². The number of hydrogen-bond donors (Lipinski definition) is 7. The zero-order chi connectivity index (χ0) is 19.2. The van der Waals surface area contributed by atoms with Crippen LogP contribution in [0.15, 0.2) is 18.2 Å². The molecule has 0 saturated carbocycles. The Morgan fingerprint density at radius 1 is 1.22 bits per heavy atom. The van der Waals surface area contributed by atoms with Crippen LogP contribution in [0.3, 0.4) is 0 Å². The second-order valence-corrected chi connectivity index (χ2v) is 7.02. The molecule has 1 fully saturated rings. The van der Waals surface area contributed by atoms with Crippen LogP contribution >= 0.6 is 0 Å². The molecule has 9 heteroatoms. The maximum Gasteiger partial charge on any atom is 0.321 e. The van der Waals surface area contributed by atoms with Crippen molar-refractivity contribution in [1.29, 1.82) is 0 Å². The molecule has 2 heterocycles. The molecule has 148 valence electrons. The third-order valence-electron chi connectivity index (χ3n) is 4.82. The lowest BCUT2D eigenvalue weighted by molar-refractivity contribution is -0.120. The van der Waals surface area contributed by atoms with E-state index in [9.17, 15) is 9.59 Å². The van der Waals surface area contributed by atoms with Gasteiger partial charge in [-0.15, -0.1) is 0 Å². The molecule has 7 N–H and O–H groups in total. The van der Waals surface area contributed by atoms with E-state index in [-0.39, 0.29) is 30.7 Å². The molecule has 27 heavy (non-hydrogen) atoms. The summed E-state index contributed by atoms with van der Waals surface area (Å²) >= 11 is 0. The van der Waals surface area contributed by atoms with E-state index in [0.29, 0.717) is 0 Å². The van der Waals surface area contributed by atoms with Crippen molar-refractivity contribution in [2.75, 3.05) is 25.5 Å². The second-order valence-electron chi connectivity index (χ2n) is 7.02. The summed E-state index contributed by atoms with van der Waals surface area (Å²) in [5.41, 5.74) is 3.33. The molecule has 2 aliphatic rings. The second kappa shape index (κ2) is 9.14. The van der Waals surface area contributed by atoms with Crippen molar-refractivity contribution in [3.05, 3.63) is 29.3 Å². The van der Waals surface area contributed by atoms with Crippen molar-refractivity contribution in [1.82, 2.24) is 31.9 Å². The Kier molecular flexibility index (Phi) is 6.62. The molecule has 9 nitrogen and oxygen atoms in total. The molecule has 1 aromatic carbocycles. The third-order valence-corrected chi connectivity index (χ3v) is 4.82. The number of fused-ring (bicyclic) bond motifs is 1. The Bertz CT molecular complexity index is 682. The lowest BCUT2D eigenvalue weighted by Crippen LogP contribution is -2.68. The molecule has 0 aliphatic carbocycles. The molecule has 3 amide bonds. The Labute approximate surface area is 159 Å². The molecular formula is C18H29N7O2. The Hall–Kier alpha value is -2.20.